The van der Waals surface area contributed by atoms with Crippen molar-refractivity contribution in [3.8, 4) is 5.75 Å². The number of hydrogen-bond donors (Lipinski definition) is 1. The maximum absolute atomic E-state index is 6.07. The molecule has 1 heterocycles. The van der Waals surface area contributed by atoms with Gasteiger partial charge in [0.05, 0.1) is 0 Å². The minimum atomic E-state index is 0.245. The predicted molar refractivity (Wildman–Crippen MR) is 78.4 cm³/mol. The van der Waals surface area contributed by atoms with Crippen molar-refractivity contribution >= 4 is 28.1 Å². The van der Waals surface area contributed by atoms with Crippen LogP contribution < -0.4 is 10.1 Å². The summed E-state index contributed by atoms with van der Waals surface area (Å²) in [5.74, 6) is 1.76. The van der Waals surface area contributed by atoms with Gasteiger partial charge in [0.25, 0.3) is 0 Å². The van der Waals surface area contributed by atoms with E-state index in [1.165, 1.54) is 5.56 Å². The Kier molecular flexibility index (Phi) is 3.49. The number of alkyl halides is 1. The van der Waals surface area contributed by atoms with Crippen LogP contribution in [0.1, 0.15) is 11.5 Å². The largest absolute Gasteiger partial charge is 0.467 e. The Bertz CT molecular complexity index is 600. The number of anilines is 1. The highest BCUT2D eigenvalue weighted by Gasteiger charge is 2.27. The molecule has 19 heavy (non-hydrogen) atoms. The maximum atomic E-state index is 6.07. The quantitative estimate of drug-likeness (QED) is 0.685. The van der Waals surface area contributed by atoms with Gasteiger partial charge in [0.15, 0.2) is 6.79 Å². The molecule has 1 atom stereocenters. The van der Waals surface area contributed by atoms with Crippen LogP contribution in [-0.4, -0.2) is 26.3 Å². The molecule has 0 spiro atoms. The van der Waals surface area contributed by atoms with E-state index in [1.54, 1.807) is 7.11 Å². The van der Waals surface area contributed by atoms with Crippen molar-refractivity contribution in [1.82, 2.24) is 0 Å². The highest BCUT2D eigenvalue weighted by Crippen LogP contribution is 2.44. The van der Waals surface area contributed by atoms with Crippen molar-refractivity contribution in [1.29, 1.82) is 0 Å². The minimum absolute atomic E-state index is 0.245. The summed E-state index contributed by atoms with van der Waals surface area (Å²) < 4.78 is 10.9. The van der Waals surface area contributed by atoms with Gasteiger partial charge in [-0.3, -0.25) is 0 Å². The van der Waals surface area contributed by atoms with Crippen LogP contribution in [0.25, 0.3) is 10.8 Å². The molecule has 1 aliphatic heterocycles. The second kappa shape index (κ2) is 5.27. The lowest BCUT2D eigenvalue weighted by molar-refractivity contribution is 0.0515. The van der Waals surface area contributed by atoms with Crippen molar-refractivity contribution < 1.29 is 9.47 Å². The normalized spacial score (nSPS) is 17.3. The molecule has 2 aromatic rings. The number of fused-ring (bicyclic) bond motifs is 2. The van der Waals surface area contributed by atoms with E-state index in [-0.39, 0.29) is 12.7 Å². The van der Waals surface area contributed by atoms with Crippen molar-refractivity contribution in [2.45, 2.75) is 5.92 Å². The van der Waals surface area contributed by atoms with E-state index < -0.39 is 0 Å². The maximum Gasteiger partial charge on any atom is 0.188 e. The molecule has 0 aliphatic carbocycles. The first-order valence-corrected chi connectivity index (χ1v) is 6.85. The highest BCUT2D eigenvalue weighted by atomic mass is 35.5. The Morgan fingerprint density at radius 1 is 1.37 bits per heavy atom. The van der Waals surface area contributed by atoms with E-state index in [2.05, 4.69) is 23.5 Å². The summed E-state index contributed by atoms with van der Waals surface area (Å²) in [6.45, 7) is 1.11. The zero-order valence-corrected chi connectivity index (χ0v) is 11.5. The molecule has 1 aliphatic rings. The summed E-state index contributed by atoms with van der Waals surface area (Å²) in [5.41, 5.74) is 2.29. The number of methoxy groups -OCH3 is 1. The van der Waals surface area contributed by atoms with Crippen LogP contribution in [0.4, 0.5) is 5.69 Å². The first kappa shape index (κ1) is 12.6. The molecule has 0 amide bonds. The third-order valence-electron chi connectivity index (χ3n) is 3.49. The number of hydrogen-bond acceptors (Lipinski definition) is 3. The van der Waals surface area contributed by atoms with Crippen LogP contribution in [0.2, 0.25) is 0 Å². The van der Waals surface area contributed by atoms with Gasteiger partial charge in [0.1, 0.15) is 5.75 Å². The van der Waals surface area contributed by atoms with Crippen LogP contribution in [0.3, 0.4) is 0 Å². The smallest absolute Gasteiger partial charge is 0.188 e. The molecule has 0 saturated heterocycles. The molecule has 0 aromatic heterocycles. The van der Waals surface area contributed by atoms with Crippen molar-refractivity contribution in [3.05, 3.63) is 35.9 Å². The van der Waals surface area contributed by atoms with E-state index >= 15 is 0 Å². The predicted octanol–water partition coefficient (Wildman–Crippen LogP) is 3.57. The fraction of sp³-hybridized carbons (Fsp3) is 0.333. The van der Waals surface area contributed by atoms with Crippen LogP contribution in [-0.2, 0) is 4.74 Å². The molecule has 0 bridgehead atoms. The number of rotatable bonds is 4. The average molecular weight is 278 g/mol. The molecule has 0 unspecified atom stereocenters. The molecule has 2 aromatic carbocycles. The van der Waals surface area contributed by atoms with Gasteiger partial charge in [0.2, 0.25) is 0 Å². The van der Waals surface area contributed by atoms with E-state index in [0.717, 1.165) is 28.8 Å². The Morgan fingerprint density at radius 3 is 3.00 bits per heavy atom. The van der Waals surface area contributed by atoms with Gasteiger partial charge in [-0.25, -0.2) is 0 Å². The van der Waals surface area contributed by atoms with Crippen molar-refractivity contribution in [2.24, 2.45) is 0 Å². The fourth-order valence-corrected chi connectivity index (χ4v) is 2.89. The van der Waals surface area contributed by atoms with Crippen LogP contribution in [0, 0.1) is 0 Å². The third kappa shape index (κ3) is 2.13. The Balaban J connectivity index is 2.20. The summed E-state index contributed by atoms with van der Waals surface area (Å²) in [6.07, 6.45) is 0. The summed E-state index contributed by atoms with van der Waals surface area (Å²) in [6, 6.07) is 10.4. The molecule has 3 nitrogen and oxygen atoms in total. The number of halogens is 1. The second-order valence-electron chi connectivity index (χ2n) is 4.67. The summed E-state index contributed by atoms with van der Waals surface area (Å²) in [4.78, 5) is 0. The molecule has 0 saturated carbocycles. The molecule has 100 valence electrons. The number of ether oxygens (including phenoxy) is 2. The van der Waals surface area contributed by atoms with Crippen LogP contribution >= 0.6 is 11.6 Å². The van der Waals surface area contributed by atoms with Gasteiger partial charge in [-0.2, -0.15) is 0 Å². The zero-order valence-electron chi connectivity index (χ0n) is 10.8. The molecule has 4 heteroatoms. The molecular weight excluding hydrogens is 262 g/mol. The molecule has 0 fully saturated rings. The van der Waals surface area contributed by atoms with E-state index in [4.69, 9.17) is 21.1 Å². The molecule has 3 rings (SSSR count). The fourth-order valence-electron chi connectivity index (χ4n) is 2.62. The molecule has 1 N–H and O–H groups in total. The monoisotopic (exact) mass is 277 g/mol. The summed E-state index contributed by atoms with van der Waals surface area (Å²) in [7, 11) is 1.63. The summed E-state index contributed by atoms with van der Waals surface area (Å²) in [5, 5.41) is 5.68. The second-order valence-corrected chi connectivity index (χ2v) is 4.98. The van der Waals surface area contributed by atoms with Gasteiger partial charge in [-0.1, -0.05) is 24.3 Å². The number of nitrogens with one attached hydrogen (secondary N) is 1. The average Bonchev–Trinajstić information content (AvgIpc) is 2.86. The van der Waals surface area contributed by atoms with Gasteiger partial charge < -0.3 is 14.8 Å². The first-order chi connectivity index (χ1) is 9.35. The summed E-state index contributed by atoms with van der Waals surface area (Å²) >= 11 is 6.07. The van der Waals surface area contributed by atoms with Gasteiger partial charge in [-0.15, -0.1) is 11.6 Å². The third-order valence-corrected chi connectivity index (χ3v) is 3.87. The lowest BCUT2D eigenvalue weighted by Gasteiger charge is -2.16. The van der Waals surface area contributed by atoms with E-state index in [0.29, 0.717) is 5.88 Å². The lowest BCUT2D eigenvalue weighted by Crippen LogP contribution is -2.06. The Labute approximate surface area is 117 Å². The van der Waals surface area contributed by atoms with Crippen LogP contribution in [0.15, 0.2) is 30.3 Å². The molecular formula is C15H16ClNO2. The highest BCUT2D eigenvalue weighted by molar-refractivity contribution is 6.18. The lowest BCUT2D eigenvalue weighted by atomic mass is 9.97. The van der Waals surface area contributed by atoms with Gasteiger partial charge >= 0.3 is 0 Å². The van der Waals surface area contributed by atoms with Crippen LogP contribution in [0.5, 0.6) is 5.75 Å². The topological polar surface area (TPSA) is 30.5 Å². The first-order valence-electron chi connectivity index (χ1n) is 6.32. The minimum Gasteiger partial charge on any atom is -0.467 e. The molecule has 0 radical (unpaired) electrons. The van der Waals surface area contributed by atoms with E-state index in [1.807, 2.05) is 12.1 Å². The Morgan fingerprint density at radius 2 is 2.21 bits per heavy atom. The Hall–Kier alpha value is -1.45. The van der Waals surface area contributed by atoms with Crippen molar-refractivity contribution in [3.63, 3.8) is 0 Å². The van der Waals surface area contributed by atoms with Gasteiger partial charge in [0, 0.05) is 42.1 Å². The van der Waals surface area contributed by atoms with Crippen molar-refractivity contribution in [2.75, 3.05) is 31.6 Å². The van der Waals surface area contributed by atoms with Gasteiger partial charge in [-0.05, 0) is 11.5 Å². The standard InChI is InChI=1S/C15H16ClNO2/c1-18-9-19-15-12-5-3-2-4-10(12)6-13-14(15)11(7-16)8-17-13/h2-6,11,17H,7-9H2,1H3/t11-/m1/s1. The van der Waals surface area contributed by atoms with E-state index in [9.17, 15) is 0 Å². The number of benzene rings is 2. The zero-order chi connectivity index (χ0) is 13.2. The SMILES string of the molecule is COCOc1c2c(cc3ccccc13)NC[C@H]2CCl.